The number of carboxylic acid groups (broad SMARTS) is 1. The number of rotatable bonds is 8. The molecule has 1 aromatic rings. The van der Waals surface area contributed by atoms with Crippen LogP contribution in [-0.2, 0) is 4.79 Å². The molecule has 0 radical (unpaired) electrons. The van der Waals surface area contributed by atoms with Gasteiger partial charge >= 0.3 is 5.97 Å². The van der Waals surface area contributed by atoms with E-state index in [1.54, 1.807) is 0 Å². The molecule has 6 heteroatoms. The highest BCUT2D eigenvalue weighted by Crippen LogP contribution is 2.11. The quantitative estimate of drug-likeness (QED) is 0.318. The Labute approximate surface area is 112 Å². The monoisotopic (exact) mass is 264 g/mol. The summed E-state index contributed by atoms with van der Waals surface area (Å²) in [6, 6.07) is 8.70. The van der Waals surface area contributed by atoms with Crippen LogP contribution in [0.15, 0.2) is 35.3 Å². The van der Waals surface area contributed by atoms with Crippen LogP contribution in [0.5, 0.6) is 0 Å². The van der Waals surface area contributed by atoms with Crippen molar-refractivity contribution in [1.29, 1.82) is 0 Å². The Balaban J connectivity index is 2.37. The van der Waals surface area contributed by atoms with Crippen LogP contribution in [0.3, 0.4) is 0 Å². The van der Waals surface area contributed by atoms with Gasteiger partial charge in [0.25, 0.3) is 0 Å². The van der Waals surface area contributed by atoms with E-state index in [4.69, 9.17) is 16.6 Å². The number of benzene rings is 1. The predicted molar refractivity (Wildman–Crippen MR) is 76.0 cm³/mol. The second kappa shape index (κ2) is 7.97. The lowest BCUT2D eigenvalue weighted by molar-refractivity contribution is -0.138. The summed E-state index contributed by atoms with van der Waals surface area (Å²) in [5.74, 6) is -0.789. The lowest BCUT2D eigenvalue weighted by atomic mass is 10.1. The van der Waals surface area contributed by atoms with E-state index in [2.05, 4.69) is 10.3 Å². The summed E-state index contributed by atoms with van der Waals surface area (Å²) >= 11 is 0. The molecule has 0 spiro atoms. The van der Waals surface area contributed by atoms with E-state index in [1.807, 2.05) is 30.3 Å². The van der Waals surface area contributed by atoms with E-state index in [1.165, 1.54) is 0 Å². The molecule has 1 rings (SSSR count). The smallest absolute Gasteiger partial charge is 0.326 e. The number of anilines is 1. The fourth-order valence-corrected chi connectivity index (χ4v) is 1.66. The number of nitrogens with two attached hydrogens (primary N) is 2. The summed E-state index contributed by atoms with van der Waals surface area (Å²) in [4.78, 5) is 15.0. The topological polar surface area (TPSA) is 114 Å². The molecule has 6 nitrogen and oxygen atoms in total. The second-order valence-electron chi connectivity index (χ2n) is 4.20. The number of unbranched alkanes of at least 4 members (excludes halogenated alkanes) is 1. The fourth-order valence-electron chi connectivity index (χ4n) is 1.66. The molecule has 0 aliphatic heterocycles. The molecule has 1 aromatic carbocycles. The number of carboxylic acids is 1. The van der Waals surface area contributed by atoms with E-state index < -0.39 is 12.0 Å². The van der Waals surface area contributed by atoms with Gasteiger partial charge in [-0.1, -0.05) is 18.2 Å². The van der Waals surface area contributed by atoms with Crippen molar-refractivity contribution in [1.82, 2.24) is 0 Å². The number of hydrogen-bond acceptors (Lipinski definition) is 3. The number of para-hydroxylation sites is 1. The van der Waals surface area contributed by atoms with Gasteiger partial charge in [-0.3, -0.25) is 4.99 Å². The van der Waals surface area contributed by atoms with Crippen LogP contribution in [0.1, 0.15) is 19.3 Å². The number of hydrogen-bond donors (Lipinski definition) is 4. The lowest BCUT2D eigenvalue weighted by Crippen LogP contribution is -2.29. The van der Waals surface area contributed by atoms with E-state index in [9.17, 15) is 4.79 Å². The molecule has 0 saturated carbocycles. The molecule has 1 atom stereocenters. The molecule has 0 fully saturated rings. The molecule has 0 aliphatic rings. The molecular formula is C13H20N4O2. The summed E-state index contributed by atoms with van der Waals surface area (Å²) in [6.45, 7) is 0.528. The van der Waals surface area contributed by atoms with Gasteiger partial charge in [0.1, 0.15) is 6.04 Å². The number of nitrogens with zero attached hydrogens (tertiary/aromatic N) is 1. The normalized spacial score (nSPS) is 11.6. The van der Waals surface area contributed by atoms with Crippen molar-refractivity contribution in [3.63, 3.8) is 0 Å². The first-order valence-electron chi connectivity index (χ1n) is 6.19. The number of guanidine groups is 1. The average molecular weight is 264 g/mol. The minimum atomic E-state index is -0.856. The molecule has 0 heterocycles. The SMILES string of the molecule is NC(N)=NCCCC[C@@H](Nc1ccccc1)C(=O)O. The Morgan fingerprint density at radius 1 is 1.26 bits per heavy atom. The summed E-state index contributed by atoms with van der Waals surface area (Å²) < 4.78 is 0. The Morgan fingerprint density at radius 2 is 1.95 bits per heavy atom. The summed E-state index contributed by atoms with van der Waals surface area (Å²) in [5, 5.41) is 12.1. The first kappa shape index (κ1) is 14.8. The zero-order valence-electron chi connectivity index (χ0n) is 10.7. The van der Waals surface area contributed by atoms with Crippen LogP contribution in [0.2, 0.25) is 0 Å². The molecule has 0 bridgehead atoms. The van der Waals surface area contributed by atoms with Gasteiger partial charge in [-0.15, -0.1) is 0 Å². The van der Waals surface area contributed by atoms with Crippen molar-refractivity contribution in [3.8, 4) is 0 Å². The molecule has 0 unspecified atom stereocenters. The van der Waals surface area contributed by atoms with Gasteiger partial charge in [-0.05, 0) is 31.4 Å². The summed E-state index contributed by atoms with van der Waals surface area (Å²) in [5.41, 5.74) is 11.2. The molecule has 0 amide bonds. The highest BCUT2D eigenvalue weighted by Gasteiger charge is 2.16. The standard InChI is InChI=1S/C13H20N4O2/c14-13(15)16-9-5-4-8-11(12(18)19)17-10-6-2-1-3-7-10/h1-3,6-7,11,17H,4-5,8-9H2,(H,18,19)(H4,14,15,16)/t11-/m1/s1. The van der Waals surface area contributed by atoms with E-state index in [0.717, 1.165) is 18.5 Å². The Kier molecular flexibility index (Phi) is 6.21. The summed E-state index contributed by atoms with van der Waals surface area (Å²) in [6.07, 6.45) is 2.04. The highest BCUT2D eigenvalue weighted by molar-refractivity contribution is 5.77. The number of carbonyl (C=O) groups is 1. The Bertz CT molecular complexity index is 416. The lowest BCUT2D eigenvalue weighted by Gasteiger charge is -2.15. The first-order chi connectivity index (χ1) is 9.09. The molecule has 0 aliphatic carbocycles. The Morgan fingerprint density at radius 3 is 2.53 bits per heavy atom. The van der Waals surface area contributed by atoms with Crippen molar-refractivity contribution in [2.75, 3.05) is 11.9 Å². The van der Waals surface area contributed by atoms with Gasteiger partial charge in [0.2, 0.25) is 0 Å². The van der Waals surface area contributed by atoms with Crippen molar-refractivity contribution in [2.24, 2.45) is 16.5 Å². The maximum absolute atomic E-state index is 11.1. The van der Waals surface area contributed by atoms with E-state index >= 15 is 0 Å². The fraction of sp³-hybridized carbons (Fsp3) is 0.385. The average Bonchev–Trinajstić information content (AvgIpc) is 2.37. The highest BCUT2D eigenvalue weighted by atomic mass is 16.4. The minimum Gasteiger partial charge on any atom is -0.480 e. The zero-order valence-corrected chi connectivity index (χ0v) is 10.7. The Hall–Kier alpha value is -2.24. The molecule has 0 aromatic heterocycles. The van der Waals surface area contributed by atoms with Gasteiger partial charge < -0.3 is 21.9 Å². The van der Waals surface area contributed by atoms with Gasteiger partial charge in [-0.25, -0.2) is 4.79 Å². The van der Waals surface area contributed by atoms with Crippen molar-refractivity contribution in [2.45, 2.75) is 25.3 Å². The number of aliphatic imine (C=N–C) groups is 1. The van der Waals surface area contributed by atoms with Gasteiger partial charge in [-0.2, -0.15) is 0 Å². The third kappa shape index (κ3) is 6.30. The van der Waals surface area contributed by atoms with E-state index in [-0.39, 0.29) is 5.96 Å². The first-order valence-corrected chi connectivity index (χ1v) is 6.19. The molecular weight excluding hydrogens is 244 g/mol. The zero-order chi connectivity index (χ0) is 14.1. The number of aliphatic carboxylic acids is 1. The van der Waals surface area contributed by atoms with Crippen molar-refractivity contribution in [3.05, 3.63) is 30.3 Å². The van der Waals surface area contributed by atoms with Crippen molar-refractivity contribution >= 4 is 17.6 Å². The number of nitrogens with one attached hydrogen (secondary N) is 1. The van der Waals surface area contributed by atoms with Gasteiger partial charge in [0.05, 0.1) is 0 Å². The molecule has 19 heavy (non-hydrogen) atoms. The third-order valence-electron chi connectivity index (χ3n) is 2.61. The molecule has 104 valence electrons. The van der Waals surface area contributed by atoms with Crippen LogP contribution < -0.4 is 16.8 Å². The van der Waals surface area contributed by atoms with Crippen LogP contribution in [-0.4, -0.2) is 29.6 Å². The maximum Gasteiger partial charge on any atom is 0.326 e. The minimum absolute atomic E-state index is 0.0668. The van der Waals surface area contributed by atoms with Crippen molar-refractivity contribution < 1.29 is 9.90 Å². The third-order valence-corrected chi connectivity index (χ3v) is 2.61. The largest absolute Gasteiger partial charge is 0.480 e. The van der Waals surface area contributed by atoms with Crippen LogP contribution in [0.25, 0.3) is 0 Å². The van der Waals surface area contributed by atoms with E-state index in [0.29, 0.717) is 13.0 Å². The van der Waals surface area contributed by atoms with Crippen LogP contribution in [0, 0.1) is 0 Å². The van der Waals surface area contributed by atoms with Gasteiger partial charge in [0.15, 0.2) is 5.96 Å². The second-order valence-corrected chi connectivity index (χ2v) is 4.20. The predicted octanol–water partition coefficient (Wildman–Crippen LogP) is 0.995. The van der Waals surface area contributed by atoms with Gasteiger partial charge in [0, 0.05) is 12.2 Å². The summed E-state index contributed by atoms with van der Waals surface area (Å²) in [7, 11) is 0. The van der Waals surface area contributed by atoms with Crippen LogP contribution >= 0.6 is 0 Å². The molecule has 6 N–H and O–H groups in total. The van der Waals surface area contributed by atoms with Crippen LogP contribution in [0.4, 0.5) is 5.69 Å². The molecule has 0 saturated heterocycles. The maximum atomic E-state index is 11.1.